The summed E-state index contributed by atoms with van der Waals surface area (Å²) in [6.07, 6.45) is -1.35. The van der Waals surface area contributed by atoms with Crippen LogP contribution in [0.3, 0.4) is 0 Å². The van der Waals surface area contributed by atoms with Crippen molar-refractivity contribution in [1.29, 1.82) is 0 Å². The molecule has 0 radical (unpaired) electrons. The number of hydrazine groups is 1. The number of benzene rings is 4. The third-order valence-corrected chi connectivity index (χ3v) is 8.66. The number of nitrogens with two attached hydrogens (primary N) is 1. The molecule has 7 N–H and O–H groups in total. The first-order chi connectivity index (χ1) is 26.9. The zero-order valence-electron chi connectivity index (χ0n) is 33.6. The summed E-state index contributed by atoms with van der Waals surface area (Å²) in [7, 11) is 0. The van der Waals surface area contributed by atoms with Crippen LogP contribution in [0.4, 0.5) is 4.79 Å². The molecule has 0 unspecified atom stereocenters. The van der Waals surface area contributed by atoms with E-state index in [-0.39, 0.29) is 6.42 Å². The van der Waals surface area contributed by atoms with E-state index in [0.717, 1.165) is 16.7 Å². The molecule has 0 spiro atoms. The van der Waals surface area contributed by atoms with E-state index in [4.69, 9.17) is 15.3 Å². The predicted octanol–water partition coefficient (Wildman–Crippen LogP) is 4.78. The summed E-state index contributed by atoms with van der Waals surface area (Å²) in [6, 6.07) is 31.5. The summed E-state index contributed by atoms with van der Waals surface area (Å²) >= 11 is 0. The highest BCUT2D eigenvalue weighted by atomic mass is 16.6. The van der Waals surface area contributed by atoms with Crippen LogP contribution >= 0.6 is 0 Å². The van der Waals surface area contributed by atoms with Crippen molar-refractivity contribution in [2.45, 2.75) is 96.2 Å². The molecule has 5 amide bonds. The van der Waals surface area contributed by atoms with E-state index in [1.165, 1.54) is 6.92 Å². The third kappa shape index (κ3) is 12.7. The van der Waals surface area contributed by atoms with Crippen molar-refractivity contribution in [2.75, 3.05) is 0 Å². The van der Waals surface area contributed by atoms with Crippen molar-refractivity contribution in [2.24, 2.45) is 5.84 Å². The molecule has 57 heavy (non-hydrogen) atoms. The summed E-state index contributed by atoms with van der Waals surface area (Å²) in [5.41, 5.74) is 2.55. The molecule has 0 aromatic heterocycles. The van der Waals surface area contributed by atoms with Crippen molar-refractivity contribution in [1.82, 2.24) is 26.7 Å². The van der Waals surface area contributed by atoms with Crippen LogP contribution in [0.15, 0.2) is 115 Å². The molecule has 0 saturated carbocycles. The zero-order valence-corrected chi connectivity index (χ0v) is 33.6. The second kappa shape index (κ2) is 19.1. The van der Waals surface area contributed by atoms with Crippen molar-refractivity contribution in [3.8, 4) is 5.75 Å². The minimum Gasteiger partial charge on any atom is -0.488 e. The van der Waals surface area contributed by atoms with Gasteiger partial charge in [0.05, 0.1) is 6.42 Å². The fourth-order valence-electron chi connectivity index (χ4n) is 6.15. The highest BCUT2D eigenvalue weighted by Gasteiger charge is 2.39. The molecule has 0 aliphatic rings. The minimum atomic E-state index is -1.46. The van der Waals surface area contributed by atoms with E-state index in [0.29, 0.717) is 11.3 Å². The van der Waals surface area contributed by atoms with Crippen LogP contribution < -0.4 is 37.3 Å². The number of ether oxygens (including phenoxy) is 2. The van der Waals surface area contributed by atoms with Crippen molar-refractivity contribution >= 4 is 29.7 Å². The van der Waals surface area contributed by atoms with Crippen LogP contribution in [-0.2, 0) is 35.9 Å². The Morgan fingerprint density at radius 1 is 0.596 bits per heavy atom. The Morgan fingerprint density at radius 3 is 1.51 bits per heavy atom. The molecule has 0 saturated heterocycles. The summed E-state index contributed by atoms with van der Waals surface area (Å²) in [4.78, 5) is 67.5. The second-order valence-corrected chi connectivity index (χ2v) is 15.7. The molecule has 0 aliphatic carbocycles. The lowest BCUT2D eigenvalue weighted by Gasteiger charge is -2.37. The van der Waals surface area contributed by atoms with Crippen LogP contribution in [0, 0.1) is 0 Å². The standard InChI is InChI=1S/C44H54N6O7/c1-29(46-41(55)57-43(5,6)7)38(52)47-35(27-30-23-25-34(26-24-30)56-42(2,3)4)39(53)48-36(40(54)50-45)28-37(51)49-44(31-17-11-8-12-18-31,32-19-13-9-14-20-32)33-21-15-10-16-22-33/h8-26,29,35-36H,27-28,45H2,1-7H3,(H,46,55)(H,47,52)(H,48,53)(H,49,51)(H,50,54)/t29-,35-,36-/m0/s1. The van der Waals surface area contributed by atoms with E-state index >= 15 is 0 Å². The van der Waals surface area contributed by atoms with Gasteiger partial charge in [-0.1, -0.05) is 103 Å². The molecule has 302 valence electrons. The molecule has 0 aliphatic heterocycles. The van der Waals surface area contributed by atoms with E-state index in [1.807, 2.05) is 117 Å². The normalized spacial score (nSPS) is 13.2. The van der Waals surface area contributed by atoms with Crippen LogP contribution in [0.1, 0.15) is 77.1 Å². The van der Waals surface area contributed by atoms with Gasteiger partial charge >= 0.3 is 6.09 Å². The Balaban J connectivity index is 1.63. The SMILES string of the molecule is C[C@H](NC(=O)OC(C)(C)C)C(=O)N[C@@H](Cc1ccc(OC(C)(C)C)cc1)C(=O)N[C@@H](CC(=O)NC(c1ccccc1)(c1ccccc1)c1ccccc1)C(=O)NN. The fraction of sp³-hybridized carbons (Fsp3) is 0.341. The first-order valence-electron chi connectivity index (χ1n) is 18.8. The smallest absolute Gasteiger partial charge is 0.408 e. The maximum absolute atomic E-state index is 14.2. The molecule has 0 fully saturated rings. The number of alkyl carbamates (subject to hydrolysis) is 1. The first kappa shape index (κ1) is 43.5. The Labute approximate surface area is 334 Å². The van der Waals surface area contributed by atoms with Gasteiger partial charge in [0, 0.05) is 6.42 Å². The molecule has 13 nitrogen and oxygen atoms in total. The van der Waals surface area contributed by atoms with Crippen molar-refractivity contribution in [3.05, 3.63) is 138 Å². The van der Waals surface area contributed by atoms with E-state index in [1.54, 1.807) is 45.0 Å². The van der Waals surface area contributed by atoms with Crippen LogP contribution in [0.25, 0.3) is 0 Å². The number of carbonyl (C=O) groups is 5. The first-order valence-corrected chi connectivity index (χ1v) is 18.8. The van der Waals surface area contributed by atoms with Crippen molar-refractivity contribution in [3.63, 3.8) is 0 Å². The van der Waals surface area contributed by atoms with Gasteiger partial charge in [0.2, 0.25) is 17.7 Å². The lowest BCUT2D eigenvalue weighted by molar-refractivity contribution is -0.134. The lowest BCUT2D eigenvalue weighted by atomic mass is 9.77. The Kier molecular flexibility index (Phi) is 14.6. The number of carbonyl (C=O) groups excluding carboxylic acids is 5. The van der Waals surface area contributed by atoms with Gasteiger partial charge in [-0.05, 0) is 82.9 Å². The quantitative estimate of drug-likeness (QED) is 0.0430. The molecule has 0 heterocycles. The maximum atomic E-state index is 14.2. The van der Waals surface area contributed by atoms with E-state index in [9.17, 15) is 24.0 Å². The van der Waals surface area contributed by atoms with Gasteiger partial charge < -0.3 is 30.7 Å². The third-order valence-electron chi connectivity index (χ3n) is 8.66. The van der Waals surface area contributed by atoms with Crippen LogP contribution in [0.2, 0.25) is 0 Å². The zero-order chi connectivity index (χ0) is 41.8. The predicted molar refractivity (Wildman–Crippen MR) is 218 cm³/mol. The van der Waals surface area contributed by atoms with Gasteiger partial charge in [-0.25, -0.2) is 10.6 Å². The Hall–Kier alpha value is -6.21. The van der Waals surface area contributed by atoms with Crippen LogP contribution in [0.5, 0.6) is 5.75 Å². The number of hydrogen-bond donors (Lipinski definition) is 6. The highest BCUT2D eigenvalue weighted by Crippen LogP contribution is 2.37. The Bertz CT molecular complexity index is 1870. The van der Waals surface area contributed by atoms with Gasteiger partial charge in [0.15, 0.2) is 0 Å². The molecule has 4 aromatic carbocycles. The van der Waals surface area contributed by atoms with Gasteiger partial charge in [0.1, 0.15) is 40.6 Å². The van der Waals surface area contributed by atoms with Crippen LogP contribution in [-0.4, -0.2) is 59.0 Å². The second-order valence-electron chi connectivity index (χ2n) is 15.7. The summed E-state index contributed by atoms with van der Waals surface area (Å²) in [6.45, 7) is 12.3. The van der Waals surface area contributed by atoms with Gasteiger partial charge in [-0.3, -0.25) is 24.6 Å². The maximum Gasteiger partial charge on any atom is 0.408 e. The van der Waals surface area contributed by atoms with Gasteiger partial charge in [-0.2, -0.15) is 0 Å². The van der Waals surface area contributed by atoms with Gasteiger partial charge in [0.25, 0.3) is 5.91 Å². The fourth-order valence-corrected chi connectivity index (χ4v) is 6.15. The number of hydrogen-bond acceptors (Lipinski definition) is 8. The van der Waals surface area contributed by atoms with Crippen molar-refractivity contribution < 1.29 is 33.4 Å². The molecule has 0 bridgehead atoms. The highest BCUT2D eigenvalue weighted by molar-refractivity contribution is 5.95. The number of amides is 5. The molecule has 3 atom stereocenters. The topological polar surface area (TPSA) is 190 Å². The van der Waals surface area contributed by atoms with Gasteiger partial charge in [-0.15, -0.1) is 0 Å². The summed E-state index contributed by atoms with van der Waals surface area (Å²) < 4.78 is 11.2. The summed E-state index contributed by atoms with van der Waals surface area (Å²) in [5.74, 6) is 3.31. The largest absolute Gasteiger partial charge is 0.488 e. The lowest BCUT2D eigenvalue weighted by Crippen LogP contribution is -2.58. The monoisotopic (exact) mass is 778 g/mol. The van der Waals surface area contributed by atoms with E-state index in [2.05, 4.69) is 21.3 Å². The molecular formula is C44H54N6O7. The van der Waals surface area contributed by atoms with E-state index < -0.39 is 71.0 Å². The molecule has 4 aromatic rings. The number of rotatable bonds is 15. The molecule has 13 heteroatoms. The average molecular weight is 779 g/mol. The molecule has 4 rings (SSSR count). The number of nitrogens with one attached hydrogen (secondary N) is 5. The average Bonchev–Trinajstić information content (AvgIpc) is 3.16. The summed E-state index contributed by atoms with van der Waals surface area (Å²) in [5, 5.41) is 11.0. The Morgan fingerprint density at radius 2 is 1.07 bits per heavy atom. The molecular weight excluding hydrogens is 725 g/mol. The minimum absolute atomic E-state index is 0.0190.